The Hall–Kier alpha value is -2.55. The van der Waals surface area contributed by atoms with Crippen molar-refractivity contribution in [2.75, 3.05) is 0 Å². The van der Waals surface area contributed by atoms with E-state index < -0.39 is 28.7 Å². The molecule has 0 saturated heterocycles. The van der Waals surface area contributed by atoms with E-state index in [4.69, 9.17) is 0 Å². The highest BCUT2D eigenvalue weighted by Crippen LogP contribution is 2.39. The average molecular weight is 294 g/mol. The lowest BCUT2D eigenvalue weighted by molar-refractivity contribution is -0.146. The summed E-state index contributed by atoms with van der Waals surface area (Å²) in [7, 11) is 0. The second-order valence-electron chi connectivity index (χ2n) is 5.39. The molecular formula is C19H18O3. The van der Waals surface area contributed by atoms with Gasteiger partial charge < -0.3 is 0 Å². The van der Waals surface area contributed by atoms with Crippen molar-refractivity contribution in [1.82, 2.24) is 0 Å². The topological polar surface area (TPSA) is 51.2 Å². The molecule has 0 bridgehead atoms. The van der Waals surface area contributed by atoms with E-state index in [2.05, 4.69) is 6.58 Å². The number of ketones is 3. The van der Waals surface area contributed by atoms with E-state index >= 15 is 0 Å². The Labute approximate surface area is 130 Å². The fourth-order valence-corrected chi connectivity index (χ4v) is 2.92. The normalized spacial score (nSPS) is 14.1. The van der Waals surface area contributed by atoms with E-state index in [1.165, 1.54) is 13.8 Å². The summed E-state index contributed by atoms with van der Waals surface area (Å²) in [6, 6.07) is 8.88. The number of benzene rings is 1. The van der Waals surface area contributed by atoms with Crippen LogP contribution < -0.4 is 0 Å². The highest BCUT2D eigenvalue weighted by molar-refractivity contribution is 6.37. The van der Waals surface area contributed by atoms with Gasteiger partial charge in [0.15, 0.2) is 22.8 Å². The van der Waals surface area contributed by atoms with Gasteiger partial charge in [0.05, 0.1) is 0 Å². The zero-order valence-corrected chi connectivity index (χ0v) is 12.7. The molecule has 0 aliphatic heterocycles. The van der Waals surface area contributed by atoms with Crippen molar-refractivity contribution in [3.63, 3.8) is 0 Å². The first-order valence-corrected chi connectivity index (χ1v) is 7.08. The van der Waals surface area contributed by atoms with Crippen LogP contribution >= 0.6 is 0 Å². The van der Waals surface area contributed by atoms with Gasteiger partial charge in [-0.25, -0.2) is 0 Å². The number of allylic oxidation sites excluding steroid dienone is 5. The molecule has 0 saturated carbocycles. The largest absolute Gasteiger partial charge is 0.298 e. The molecule has 0 amide bonds. The Morgan fingerprint density at radius 3 is 1.91 bits per heavy atom. The molecule has 0 radical (unpaired) electrons. The molecule has 22 heavy (non-hydrogen) atoms. The lowest BCUT2D eigenvalue weighted by Crippen LogP contribution is -2.49. The van der Waals surface area contributed by atoms with E-state index in [1.807, 2.05) is 6.07 Å². The minimum atomic E-state index is -1.73. The van der Waals surface area contributed by atoms with Gasteiger partial charge in [-0.15, -0.1) is 0 Å². The van der Waals surface area contributed by atoms with Crippen molar-refractivity contribution >= 4 is 22.9 Å². The van der Waals surface area contributed by atoms with Crippen LogP contribution in [0.15, 0.2) is 61.2 Å². The van der Waals surface area contributed by atoms with Crippen LogP contribution in [0.5, 0.6) is 0 Å². The van der Waals surface area contributed by atoms with Crippen LogP contribution in [0.2, 0.25) is 0 Å². The predicted molar refractivity (Wildman–Crippen MR) is 86.0 cm³/mol. The van der Waals surface area contributed by atoms with Gasteiger partial charge in [-0.1, -0.05) is 61.2 Å². The molecule has 1 aliphatic rings. The van der Waals surface area contributed by atoms with Crippen LogP contribution in [0, 0.1) is 11.3 Å². The minimum Gasteiger partial charge on any atom is -0.298 e. The predicted octanol–water partition coefficient (Wildman–Crippen LogP) is 3.18. The zero-order valence-electron chi connectivity index (χ0n) is 12.7. The smallest absolute Gasteiger partial charge is 0.184 e. The van der Waals surface area contributed by atoms with Gasteiger partial charge in [0.2, 0.25) is 0 Å². The number of Topliss-reactive ketones (excluding diaryl/α,β-unsaturated/α-hetero) is 3. The molecule has 0 fully saturated rings. The van der Waals surface area contributed by atoms with Crippen molar-refractivity contribution in [3.05, 3.63) is 66.8 Å². The molecule has 0 spiro atoms. The quantitative estimate of drug-likeness (QED) is 0.598. The molecule has 0 aromatic heterocycles. The number of carbonyl (C=O) groups is 3. The minimum absolute atomic E-state index is 0.180. The molecular weight excluding hydrogens is 276 g/mol. The number of rotatable bonds is 6. The van der Waals surface area contributed by atoms with Crippen molar-refractivity contribution < 1.29 is 14.4 Å². The second kappa shape index (κ2) is 6.06. The summed E-state index contributed by atoms with van der Waals surface area (Å²) < 4.78 is 0. The highest BCUT2D eigenvalue weighted by Gasteiger charge is 2.53. The zero-order chi connectivity index (χ0) is 16.3. The lowest BCUT2D eigenvalue weighted by atomic mass is 9.65. The van der Waals surface area contributed by atoms with Crippen molar-refractivity contribution in [2.45, 2.75) is 13.8 Å². The summed E-state index contributed by atoms with van der Waals surface area (Å²) in [6.45, 7) is 6.40. The van der Waals surface area contributed by atoms with Gasteiger partial charge >= 0.3 is 0 Å². The third-order valence-corrected chi connectivity index (χ3v) is 4.11. The summed E-state index contributed by atoms with van der Waals surface area (Å²) in [5, 5.41) is 0. The maximum atomic E-state index is 13.0. The van der Waals surface area contributed by atoms with E-state index in [-0.39, 0.29) is 5.57 Å². The molecule has 112 valence electrons. The van der Waals surface area contributed by atoms with Crippen LogP contribution in [0.1, 0.15) is 19.4 Å². The Morgan fingerprint density at radius 1 is 0.955 bits per heavy atom. The monoisotopic (exact) mass is 294 g/mol. The summed E-state index contributed by atoms with van der Waals surface area (Å²) in [5.74, 6) is -2.00. The van der Waals surface area contributed by atoms with Crippen LogP contribution in [0.4, 0.5) is 0 Å². The summed E-state index contributed by atoms with van der Waals surface area (Å²) in [4.78, 5) is 37.7. The molecule has 1 aliphatic carbocycles. The molecule has 0 N–H and O–H groups in total. The third kappa shape index (κ3) is 2.39. The second-order valence-corrected chi connectivity index (χ2v) is 5.39. The molecule has 0 atom stereocenters. The van der Waals surface area contributed by atoms with E-state index in [1.54, 1.807) is 48.6 Å². The molecule has 0 unspecified atom stereocenters. The summed E-state index contributed by atoms with van der Waals surface area (Å²) in [6.07, 6.45) is 6.89. The van der Waals surface area contributed by atoms with Crippen LogP contribution in [0.25, 0.3) is 5.57 Å². The standard InChI is InChI=1S/C19H18O3/c1-13(16-9-5-4-6-10-16)18(22)19(14(2)20,15(3)21)17-11-7-8-12-17/h4-12,17H,1H2,2-3H3. The highest BCUT2D eigenvalue weighted by atomic mass is 16.2. The summed E-state index contributed by atoms with van der Waals surface area (Å²) >= 11 is 0. The van der Waals surface area contributed by atoms with Crippen molar-refractivity contribution in [3.8, 4) is 0 Å². The molecule has 3 nitrogen and oxygen atoms in total. The van der Waals surface area contributed by atoms with Crippen LogP contribution in [-0.2, 0) is 14.4 Å². The van der Waals surface area contributed by atoms with Crippen LogP contribution in [-0.4, -0.2) is 17.3 Å². The first kappa shape index (κ1) is 15.8. The molecule has 0 heterocycles. The maximum Gasteiger partial charge on any atom is 0.184 e. The SMILES string of the molecule is C=C(C(=O)C(C(C)=O)(C(C)=O)C1C=CC=C1)c1ccccc1. The Morgan fingerprint density at radius 2 is 1.45 bits per heavy atom. The number of carbonyl (C=O) groups excluding carboxylic acids is 3. The van der Waals surface area contributed by atoms with Crippen molar-refractivity contribution in [2.24, 2.45) is 11.3 Å². The summed E-state index contributed by atoms with van der Waals surface area (Å²) in [5.41, 5.74) is -0.929. The van der Waals surface area contributed by atoms with Gasteiger partial charge in [0.1, 0.15) is 0 Å². The van der Waals surface area contributed by atoms with Gasteiger partial charge in [0, 0.05) is 11.5 Å². The fourth-order valence-electron chi connectivity index (χ4n) is 2.92. The molecule has 1 aromatic carbocycles. The lowest BCUT2D eigenvalue weighted by Gasteiger charge is -2.32. The molecule has 1 aromatic rings. The Kier molecular flexibility index (Phi) is 4.36. The van der Waals surface area contributed by atoms with Gasteiger partial charge in [-0.05, 0) is 19.4 Å². The Bertz CT molecular complexity index is 667. The number of hydrogen-bond donors (Lipinski definition) is 0. The number of hydrogen-bond acceptors (Lipinski definition) is 3. The van der Waals surface area contributed by atoms with E-state index in [9.17, 15) is 14.4 Å². The average Bonchev–Trinajstić information content (AvgIpc) is 3.01. The molecule has 3 heteroatoms. The van der Waals surface area contributed by atoms with Crippen molar-refractivity contribution in [1.29, 1.82) is 0 Å². The first-order chi connectivity index (χ1) is 10.4. The van der Waals surface area contributed by atoms with Gasteiger partial charge in [0.25, 0.3) is 0 Å². The van der Waals surface area contributed by atoms with E-state index in [0.717, 1.165) is 0 Å². The first-order valence-electron chi connectivity index (χ1n) is 7.08. The fraction of sp³-hybridized carbons (Fsp3) is 0.211. The van der Waals surface area contributed by atoms with E-state index in [0.29, 0.717) is 5.56 Å². The third-order valence-electron chi connectivity index (χ3n) is 4.11. The Balaban J connectivity index is 2.54. The maximum absolute atomic E-state index is 13.0. The molecule has 2 rings (SSSR count). The van der Waals surface area contributed by atoms with Gasteiger partial charge in [-0.3, -0.25) is 14.4 Å². The van der Waals surface area contributed by atoms with Crippen LogP contribution in [0.3, 0.4) is 0 Å². The van der Waals surface area contributed by atoms with Gasteiger partial charge in [-0.2, -0.15) is 0 Å².